The maximum atomic E-state index is 14.1. The summed E-state index contributed by atoms with van der Waals surface area (Å²) in [5.74, 6) is -0.328. The van der Waals surface area contributed by atoms with Crippen molar-refractivity contribution in [3.8, 4) is 0 Å². The maximum absolute atomic E-state index is 14.1. The van der Waals surface area contributed by atoms with Crippen LogP contribution < -0.4 is 14.3 Å². The molecule has 0 saturated carbocycles. The molecule has 1 saturated heterocycles. The van der Waals surface area contributed by atoms with Gasteiger partial charge < -0.3 is 10.2 Å². The van der Waals surface area contributed by atoms with E-state index in [0.29, 0.717) is 41.9 Å². The number of rotatable bonds is 6. The molecule has 1 aliphatic heterocycles. The lowest BCUT2D eigenvalue weighted by Gasteiger charge is -2.37. The van der Waals surface area contributed by atoms with E-state index in [1.165, 1.54) is 27.3 Å². The minimum absolute atomic E-state index is 0.328. The third kappa shape index (κ3) is 5.34. The Hall–Kier alpha value is -2.66. The zero-order valence-electron chi connectivity index (χ0n) is 18.2. The van der Waals surface area contributed by atoms with E-state index in [2.05, 4.69) is 20.0 Å². The molecule has 9 nitrogen and oxygen atoms in total. The highest BCUT2D eigenvalue weighted by atomic mass is 32.2. The highest BCUT2D eigenvalue weighted by Gasteiger charge is 2.34. The summed E-state index contributed by atoms with van der Waals surface area (Å²) in [7, 11) is -0.590. The average molecular weight is 453 g/mol. The molecule has 11 heteroatoms. The lowest BCUT2D eigenvalue weighted by molar-refractivity contribution is 0.251. The average Bonchev–Trinajstić information content (AvgIpc) is 3.09. The van der Waals surface area contributed by atoms with Crippen LogP contribution in [0.25, 0.3) is 0 Å². The molecule has 1 atom stereocenters. The number of hydrogen-bond donors (Lipinski definition) is 2. The summed E-state index contributed by atoms with van der Waals surface area (Å²) in [4.78, 5) is 14.6. The van der Waals surface area contributed by atoms with Crippen molar-refractivity contribution in [2.45, 2.75) is 39.2 Å². The predicted octanol–water partition coefficient (Wildman–Crippen LogP) is 2.40. The summed E-state index contributed by atoms with van der Waals surface area (Å²) in [6.07, 6.45) is 5.02. The molecule has 2 N–H and O–H groups in total. The Bertz CT molecular complexity index is 1060. The first-order valence-electron chi connectivity index (χ1n) is 10.2. The number of carbonyl (C=O) groups excluding carboxylic acids is 1. The van der Waals surface area contributed by atoms with Crippen molar-refractivity contribution < 1.29 is 17.6 Å². The number of aryl methyl sites for hydroxylation is 3. The number of halogens is 1. The van der Waals surface area contributed by atoms with Gasteiger partial charge in [-0.15, -0.1) is 0 Å². The Balaban J connectivity index is 1.83. The van der Waals surface area contributed by atoms with Gasteiger partial charge in [0, 0.05) is 25.5 Å². The smallest absolute Gasteiger partial charge is 0.307 e. The van der Waals surface area contributed by atoms with Gasteiger partial charge in [0.05, 0.1) is 17.9 Å². The van der Waals surface area contributed by atoms with Crippen LogP contribution in [-0.2, 0) is 23.7 Å². The lowest BCUT2D eigenvalue weighted by atomic mass is 10.1. The fourth-order valence-electron chi connectivity index (χ4n) is 3.89. The number of nitrogens with one attached hydrogen (secondary N) is 2. The standard InChI is InChI=1S/C20H29FN6O3S/c1-5-15-10-16(9-14(2)19(15)21)23-20(28)24-31(29,30)27(18-11-22-26(4)13-18)17-7-6-8-25(3)12-17/h9-11,13,17H,5-8,12H2,1-4H3,(H2,23,24,28). The Kier molecular flexibility index (Phi) is 6.85. The Morgan fingerprint density at radius 1 is 1.35 bits per heavy atom. The summed E-state index contributed by atoms with van der Waals surface area (Å²) in [6, 6.07) is 1.72. The molecule has 2 amide bonds. The largest absolute Gasteiger partial charge is 0.334 e. The monoisotopic (exact) mass is 452 g/mol. The van der Waals surface area contributed by atoms with E-state index in [4.69, 9.17) is 0 Å². The number of carbonyl (C=O) groups is 1. The van der Waals surface area contributed by atoms with Crippen molar-refractivity contribution in [3.63, 3.8) is 0 Å². The van der Waals surface area contributed by atoms with Crippen LogP contribution in [0, 0.1) is 12.7 Å². The number of anilines is 2. The molecule has 1 aliphatic rings. The predicted molar refractivity (Wildman–Crippen MR) is 118 cm³/mol. The van der Waals surface area contributed by atoms with E-state index in [0.717, 1.165) is 13.0 Å². The first-order chi connectivity index (χ1) is 14.6. The minimum atomic E-state index is -4.22. The number of urea groups is 1. The normalized spacial score (nSPS) is 17.4. The fraction of sp³-hybridized carbons (Fsp3) is 0.500. The number of amides is 2. The third-order valence-corrected chi connectivity index (χ3v) is 6.80. The van der Waals surface area contributed by atoms with Gasteiger partial charge in [-0.1, -0.05) is 6.92 Å². The van der Waals surface area contributed by atoms with E-state index in [1.54, 1.807) is 27.1 Å². The summed E-state index contributed by atoms with van der Waals surface area (Å²) in [6.45, 7) is 4.82. The molecular weight excluding hydrogens is 423 g/mol. The van der Waals surface area contributed by atoms with Crippen molar-refractivity contribution >= 4 is 27.6 Å². The highest BCUT2D eigenvalue weighted by molar-refractivity contribution is 7.91. The van der Waals surface area contributed by atoms with E-state index < -0.39 is 16.2 Å². The van der Waals surface area contributed by atoms with E-state index >= 15 is 0 Å². The molecule has 0 bridgehead atoms. The van der Waals surface area contributed by atoms with Gasteiger partial charge in [0.15, 0.2) is 0 Å². The zero-order valence-corrected chi connectivity index (χ0v) is 19.0. The number of aromatic nitrogens is 2. The number of piperidine rings is 1. The molecule has 2 aromatic rings. The van der Waals surface area contributed by atoms with Gasteiger partial charge in [-0.2, -0.15) is 13.5 Å². The number of benzene rings is 1. The molecule has 1 aromatic carbocycles. The van der Waals surface area contributed by atoms with Crippen LogP contribution in [0.4, 0.5) is 20.6 Å². The molecule has 1 fully saturated rings. The zero-order chi connectivity index (χ0) is 22.8. The van der Waals surface area contributed by atoms with Gasteiger partial charge in [0.1, 0.15) is 5.82 Å². The van der Waals surface area contributed by atoms with E-state index in [-0.39, 0.29) is 11.9 Å². The molecule has 0 spiro atoms. The summed E-state index contributed by atoms with van der Waals surface area (Å²) in [5, 5.41) is 6.59. The van der Waals surface area contributed by atoms with Crippen LogP contribution in [0.3, 0.4) is 0 Å². The van der Waals surface area contributed by atoms with Crippen molar-refractivity contribution in [3.05, 3.63) is 41.5 Å². The van der Waals surface area contributed by atoms with Crippen molar-refractivity contribution in [1.82, 2.24) is 19.4 Å². The minimum Gasteiger partial charge on any atom is -0.307 e. The van der Waals surface area contributed by atoms with Crippen LogP contribution in [-0.4, -0.2) is 55.3 Å². The van der Waals surface area contributed by atoms with Gasteiger partial charge in [0.2, 0.25) is 0 Å². The summed E-state index contributed by atoms with van der Waals surface area (Å²) < 4.78 is 45.4. The SMILES string of the molecule is CCc1cc(NC(=O)NS(=O)(=O)N(c2cnn(C)c2)C2CCCN(C)C2)cc(C)c1F. The third-order valence-electron chi connectivity index (χ3n) is 5.33. The van der Waals surface area contributed by atoms with Gasteiger partial charge in [0.25, 0.3) is 0 Å². The van der Waals surface area contributed by atoms with Gasteiger partial charge in [-0.05, 0) is 63.0 Å². The van der Waals surface area contributed by atoms with Gasteiger partial charge >= 0.3 is 16.2 Å². The number of likely N-dealkylation sites (N-methyl/N-ethyl adjacent to an activating group) is 1. The maximum Gasteiger partial charge on any atom is 0.334 e. The number of hydrogen-bond acceptors (Lipinski definition) is 5. The number of likely N-dealkylation sites (tertiary alicyclic amines) is 1. The molecular formula is C20H29FN6O3S. The first kappa shape index (κ1) is 23.0. The van der Waals surface area contributed by atoms with Crippen LogP contribution in [0.1, 0.15) is 30.9 Å². The topological polar surface area (TPSA) is 99.6 Å². The van der Waals surface area contributed by atoms with Crippen molar-refractivity contribution in [2.75, 3.05) is 29.8 Å². The van der Waals surface area contributed by atoms with E-state index in [1.807, 2.05) is 7.05 Å². The molecule has 0 aliphatic carbocycles. The second-order valence-corrected chi connectivity index (χ2v) is 9.46. The van der Waals surface area contributed by atoms with Gasteiger partial charge in [-0.3, -0.25) is 4.68 Å². The van der Waals surface area contributed by atoms with Crippen LogP contribution in [0.5, 0.6) is 0 Å². The highest BCUT2D eigenvalue weighted by Crippen LogP contribution is 2.25. The molecule has 170 valence electrons. The Labute approximate surface area is 182 Å². The molecule has 1 aromatic heterocycles. The first-order valence-corrected chi connectivity index (χ1v) is 11.6. The quantitative estimate of drug-likeness (QED) is 0.701. The summed E-state index contributed by atoms with van der Waals surface area (Å²) >= 11 is 0. The van der Waals surface area contributed by atoms with Crippen LogP contribution in [0.15, 0.2) is 24.5 Å². The second kappa shape index (κ2) is 9.23. The summed E-state index contributed by atoms with van der Waals surface area (Å²) in [5.41, 5.74) is 1.53. The van der Waals surface area contributed by atoms with Crippen LogP contribution in [0.2, 0.25) is 0 Å². The van der Waals surface area contributed by atoms with E-state index in [9.17, 15) is 17.6 Å². The molecule has 1 unspecified atom stereocenters. The second-order valence-electron chi connectivity index (χ2n) is 7.91. The Morgan fingerprint density at radius 2 is 2.10 bits per heavy atom. The van der Waals surface area contributed by atoms with Crippen molar-refractivity contribution in [1.29, 1.82) is 0 Å². The fourth-order valence-corrected chi connectivity index (χ4v) is 5.21. The van der Waals surface area contributed by atoms with Crippen molar-refractivity contribution in [2.24, 2.45) is 7.05 Å². The Morgan fingerprint density at radius 3 is 2.71 bits per heavy atom. The molecule has 0 radical (unpaired) electrons. The molecule has 31 heavy (non-hydrogen) atoms. The molecule has 3 rings (SSSR count). The van der Waals surface area contributed by atoms with Gasteiger partial charge in [-0.25, -0.2) is 18.2 Å². The molecule has 2 heterocycles. The number of nitrogens with zero attached hydrogens (tertiary/aromatic N) is 4. The van der Waals surface area contributed by atoms with Crippen LogP contribution >= 0.6 is 0 Å². The lowest BCUT2D eigenvalue weighted by Crippen LogP contribution is -2.54.